The van der Waals surface area contributed by atoms with Gasteiger partial charge in [0.2, 0.25) is 0 Å². The van der Waals surface area contributed by atoms with E-state index in [4.69, 9.17) is 5.11 Å². The summed E-state index contributed by atoms with van der Waals surface area (Å²) in [5.74, 6) is -1.75. The van der Waals surface area contributed by atoms with Crippen LogP contribution in [0.5, 0.6) is 0 Å². The van der Waals surface area contributed by atoms with E-state index < -0.39 is 22.1 Å². The molecule has 1 aliphatic heterocycles. The topological polar surface area (TPSA) is 77.9 Å². The second-order valence-corrected chi connectivity index (χ2v) is 7.52. The standard InChI is InChI=1S/C14H20N2O4S/c1-11-8-16(10-13(11)14(17)18)21(19,20)15(2)9-12-6-4-3-5-7-12/h3-7,11,13H,8-10H2,1-2H3,(H,17,18)/t11-,13-/m1/s1. The van der Waals surface area contributed by atoms with Gasteiger partial charge in [-0.25, -0.2) is 0 Å². The van der Waals surface area contributed by atoms with Gasteiger partial charge in [0.15, 0.2) is 0 Å². The van der Waals surface area contributed by atoms with Crippen LogP contribution >= 0.6 is 0 Å². The Hall–Kier alpha value is -1.44. The lowest BCUT2D eigenvalue weighted by Gasteiger charge is -2.24. The van der Waals surface area contributed by atoms with E-state index in [-0.39, 0.29) is 25.6 Å². The number of hydrogen-bond acceptors (Lipinski definition) is 3. The molecule has 0 amide bonds. The van der Waals surface area contributed by atoms with Gasteiger partial charge in [0.25, 0.3) is 10.2 Å². The molecule has 0 spiro atoms. The summed E-state index contributed by atoms with van der Waals surface area (Å²) in [5.41, 5.74) is 0.894. The summed E-state index contributed by atoms with van der Waals surface area (Å²) in [5, 5.41) is 9.11. The van der Waals surface area contributed by atoms with Gasteiger partial charge in [-0.15, -0.1) is 0 Å². The lowest BCUT2D eigenvalue weighted by Crippen LogP contribution is -2.40. The van der Waals surface area contributed by atoms with E-state index in [1.165, 1.54) is 15.7 Å². The molecule has 7 heteroatoms. The van der Waals surface area contributed by atoms with Gasteiger partial charge in [0, 0.05) is 26.7 Å². The van der Waals surface area contributed by atoms with E-state index >= 15 is 0 Å². The minimum absolute atomic E-state index is 0.0396. The lowest BCUT2D eigenvalue weighted by molar-refractivity contribution is -0.142. The molecular formula is C14H20N2O4S. The largest absolute Gasteiger partial charge is 0.481 e. The Labute approximate surface area is 125 Å². The fraction of sp³-hybridized carbons (Fsp3) is 0.500. The Kier molecular flexibility index (Phi) is 4.65. The predicted molar refractivity (Wildman–Crippen MR) is 78.7 cm³/mol. The van der Waals surface area contributed by atoms with Crippen molar-refractivity contribution < 1.29 is 18.3 Å². The summed E-state index contributed by atoms with van der Waals surface area (Å²) in [6, 6.07) is 9.30. The van der Waals surface area contributed by atoms with E-state index in [0.717, 1.165) is 5.56 Å². The summed E-state index contributed by atoms with van der Waals surface area (Å²) in [6.45, 7) is 2.33. The fourth-order valence-electron chi connectivity index (χ4n) is 2.55. The summed E-state index contributed by atoms with van der Waals surface area (Å²) < 4.78 is 27.5. The summed E-state index contributed by atoms with van der Waals surface area (Å²) in [4.78, 5) is 11.1. The zero-order chi connectivity index (χ0) is 15.6. The van der Waals surface area contributed by atoms with Gasteiger partial charge in [-0.05, 0) is 11.5 Å². The molecule has 0 unspecified atom stereocenters. The third-order valence-corrected chi connectivity index (χ3v) is 5.73. The van der Waals surface area contributed by atoms with Gasteiger partial charge in [0.1, 0.15) is 0 Å². The molecule has 1 fully saturated rings. The van der Waals surface area contributed by atoms with Crippen LogP contribution in [-0.4, -0.2) is 48.2 Å². The maximum Gasteiger partial charge on any atom is 0.308 e. The third-order valence-electron chi connectivity index (χ3n) is 3.86. The molecule has 2 atom stereocenters. The van der Waals surface area contributed by atoms with Crippen LogP contribution in [-0.2, 0) is 21.5 Å². The van der Waals surface area contributed by atoms with Crippen molar-refractivity contribution in [2.75, 3.05) is 20.1 Å². The molecular weight excluding hydrogens is 292 g/mol. The Morgan fingerprint density at radius 1 is 1.33 bits per heavy atom. The van der Waals surface area contributed by atoms with Crippen LogP contribution < -0.4 is 0 Å². The van der Waals surface area contributed by atoms with Crippen molar-refractivity contribution in [2.24, 2.45) is 11.8 Å². The molecule has 1 aromatic rings. The summed E-state index contributed by atoms with van der Waals surface area (Å²) >= 11 is 0. The number of carbonyl (C=O) groups is 1. The monoisotopic (exact) mass is 312 g/mol. The SMILES string of the molecule is C[C@@H]1CN(S(=O)(=O)N(C)Cc2ccccc2)C[C@H]1C(=O)O. The Balaban J connectivity index is 2.10. The summed E-state index contributed by atoms with van der Waals surface area (Å²) in [6.07, 6.45) is 0. The first-order chi connectivity index (χ1) is 9.82. The second-order valence-electron chi connectivity index (χ2n) is 5.49. The normalized spacial score (nSPS) is 23.6. The Bertz CT molecular complexity index is 603. The first kappa shape index (κ1) is 15.9. The van der Waals surface area contributed by atoms with Crippen molar-refractivity contribution in [3.8, 4) is 0 Å². The quantitative estimate of drug-likeness (QED) is 0.880. The van der Waals surface area contributed by atoms with E-state index in [2.05, 4.69) is 0 Å². The molecule has 2 rings (SSSR count). The molecule has 0 aliphatic carbocycles. The number of carboxylic acid groups (broad SMARTS) is 1. The molecule has 116 valence electrons. The molecule has 0 bridgehead atoms. The molecule has 21 heavy (non-hydrogen) atoms. The maximum absolute atomic E-state index is 12.5. The first-order valence-electron chi connectivity index (χ1n) is 6.80. The molecule has 0 aromatic heterocycles. The highest BCUT2D eigenvalue weighted by Crippen LogP contribution is 2.27. The van der Waals surface area contributed by atoms with Crippen molar-refractivity contribution in [2.45, 2.75) is 13.5 Å². The van der Waals surface area contributed by atoms with Crippen LogP contribution in [0.15, 0.2) is 30.3 Å². The number of hydrogen-bond donors (Lipinski definition) is 1. The van der Waals surface area contributed by atoms with E-state index in [1.54, 1.807) is 6.92 Å². The molecule has 1 N–H and O–H groups in total. The minimum Gasteiger partial charge on any atom is -0.481 e. The van der Waals surface area contributed by atoms with E-state index in [0.29, 0.717) is 0 Å². The number of carboxylic acids is 1. The number of aliphatic carboxylic acids is 1. The van der Waals surface area contributed by atoms with Gasteiger partial charge < -0.3 is 5.11 Å². The predicted octanol–water partition coefficient (Wildman–Crippen LogP) is 1.02. The van der Waals surface area contributed by atoms with Gasteiger partial charge >= 0.3 is 5.97 Å². The molecule has 6 nitrogen and oxygen atoms in total. The van der Waals surface area contributed by atoms with Crippen molar-refractivity contribution in [1.29, 1.82) is 0 Å². The molecule has 0 radical (unpaired) electrons. The highest BCUT2D eigenvalue weighted by molar-refractivity contribution is 7.86. The zero-order valence-corrected chi connectivity index (χ0v) is 13.0. The minimum atomic E-state index is -3.63. The summed E-state index contributed by atoms with van der Waals surface area (Å²) in [7, 11) is -2.12. The van der Waals surface area contributed by atoms with Gasteiger partial charge in [-0.1, -0.05) is 37.3 Å². The van der Waals surface area contributed by atoms with Crippen molar-refractivity contribution in [3.05, 3.63) is 35.9 Å². The van der Waals surface area contributed by atoms with Crippen molar-refractivity contribution in [3.63, 3.8) is 0 Å². The van der Waals surface area contributed by atoms with Crippen LogP contribution in [0.3, 0.4) is 0 Å². The van der Waals surface area contributed by atoms with Crippen molar-refractivity contribution in [1.82, 2.24) is 8.61 Å². The van der Waals surface area contributed by atoms with Gasteiger partial charge in [-0.2, -0.15) is 17.0 Å². The first-order valence-corrected chi connectivity index (χ1v) is 8.20. The van der Waals surface area contributed by atoms with E-state index in [1.807, 2.05) is 30.3 Å². The fourth-order valence-corrected chi connectivity index (χ4v) is 4.03. The highest BCUT2D eigenvalue weighted by atomic mass is 32.2. The smallest absolute Gasteiger partial charge is 0.308 e. The van der Waals surface area contributed by atoms with E-state index in [9.17, 15) is 13.2 Å². The lowest BCUT2D eigenvalue weighted by atomic mass is 9.99. The number of nitrogens with zero attached hydrogens (tertiary/aromatic N) is 2. The molecule has 1 aliphatic rings. The van der Waals surface area contributed by atoms with Crippen LogP contribution in [0.25, 0.3) is 0 Å². The number of benzene rings is 1. The third kappa shape index (κ3) is 3.42. The second kappa shape index (κ2) is 6.13. The number of rotatable bonds is 5. The van der Waals surface area contributed by atoms with Crippen LogP contribution in [0.4, 0.5) is 0 Å². The average Bonchev–Trinajstić information content (AvgIpc) is 2.82. The average molecular weight is 312 g/mol. The van der Waals surface area contributed by atoms with Gasteiger partial charge in [0.05, 0.1) is 5.92 Å². The van der Waals surface area contributed by atoms with Crippen molar-refractivity contribution >= 4 is 16.2 Å². The van der Waals surface area contributed by atoms with Crippen LogP contribution in [0.2, 0.25) is 0 Å². The molecule has 1 aromatic carbocycles. The molecule has 1 saturated heterocycles. The van der Waals surface area contributed by atoms with Crippen LogP contribution in [0.1, 0.15) is 12.5 Å². The maximum atomic E-state index is 12.5. The Morgan fingerprint density at radius 2 is 1.95 bits per heavy atom. The molecule has 0 saturated carbocycles. The zero-order valence-electron chi connectivity index (χ0n) is 12.1. The Morgan fingerprint density at radius 3 is 2.48 bits per heavy atom. The van der Waals surface area contributed by atoms with Crippen LogP contribution in [0, 0.1) is 11.8 Å². The highest BCUT2D eigenvalue weighted by Gasteiger charge is 2.41. The van der Waals surface area contributed by atoms with Gasteiger partial charge in [-0.3, -0.25) is 4.79 Å². The molecule has 1 heterocycles.